The van der Waals surface area contributed by atoms with Crippen LogP contribution in [0.2, 0.25) is 0 Å². The van der Waals surface area contributed by atoms with E-state index in [1.54, 1.807) is 18.2 Å². The predicted molar refractivity (Wildman–Crippen MR) is 117 cm³/mol. The van der Waals surface area contributed by atoms with Crippen molar-refractivity contribution in [2.24, 2.45) is 4.40 Å². The lowest BCUT2D eigenvalue weighted by atomic mass is 10.2. The van der Waals surface area contributed by atoms with Crippen LogP contribution in [0.15, 0.2) is 79.9 Å². The number of rotatable bonds is 5. The van der Waals surface area contributed by atoms with E-state index in [-0.39, 0.29) is 22.5 Å². The molecule has 3 rings (SSSR count). The van der Waals surface area contributed by atoms with Crippen LogP contribution in [0, 0.1) is 6.92 Å². The summed E-state index contributed by atoms with van der Waals surface area (Å²) in [5.41, 5.74) is 1.78. The summed E-state index contributed by atoms with van der Waals surface area (Å²) in [6.07, 6.45) is 3.26. The molecule has 0 atom stereocenters. The predicted octanol–water partition coefficient (Wildman–Crippen LogP) is 4.60. The number of thioether (sulfide) groups is 1. The van der Waals surface area contributed by atoms with Crippen LogP contribution >= 0.6 is 27.7 Å². The molecule has 2 aromatic rings. The molecule has 1 amide bonds. The number of carbonyl (C=O) groups excluding carboxylic acids is 1. The van der Waals surface area contributed by atoms with Gasteiger partial charge in [0, 0.05) is 11.0 Å². The number of aryl methyl sites for hydroxylation is 1. The van der Waals surface area contributed by atoms with E-state index in [2.05, 4.69) is 26.9 Å². The Labute approximate surface area is 177 Å². The van der Waals surface area contributed by atoms with Crippen LogP contribution in [-0.4, -0.2) is 30.9 Å². The normalized spacial score (nSPS) is 17.5. The van der Waals surface area contributed by atoms with Crippen molar-refractivity contribution in [3.8, 4) is 0 Å². The molecule has 144 valence electrons. The van der Waals surface area contributed by atoms with E-state index in [0.29, 0.717) is 4.91 Å². The third kappa shape index (κ3) is 4.63. The number of amides is 1. The van der Waals surface area contributed by atoms with Crippen LogP contribution in [0.5, 0.6) is 0 Å². The number of sulfonamides is 1. The van der Waals surface area contributed by atoms with Crippen LogP contribution < -0.4 is 0 Å². The van der Waals surface area contributed by atoms with Gasteiger partial charge in [0.15, 0.2) is 5.17 Å². The Kier molecular flexibility index (Phi) is 6.22. The highest BCUT2D eigenvalue weighted by atomic mass is 79.9. The van der Waals surface area contributed by atoms with Crippen LogP contribution in [0.25, 0.3) is 6.08 Å². The minimum Gasteiger partial charge on any atom is -0.282 e. The molecule has 1 heterocycles. The van der Waals surface area contributed by atoms with Crippen LogP contribution in [0.1, 0.15) is 11.1 Å². The van der Waals surface area contributed by atoms with Crippen LogP contribution in [0.4, 0.5) is 0 Å². The van der Waals surface area contributed by atoms with Gasteiger partial charge in [-0.15, -0.1) is 11.0 Å². The summed E-state index contributed by atoms with van der Waals surface area (Å²) >= 11 is 4.41. The summed E-state index contributed by atoms with van der Waals surface area (Å²) in [6.45, 7) is 5.69. The molecule has 0 aromatic heterocycles. The molecule has 0 unspecified atom stereocenters. The topological polar surface area (TPSA) is 66.8 Å². The fourth-order valence-electron chi connectivity index (χ4n) is 2.44. The Morgan fingerprint density at radius 2 is 1.79 bits per heavy atom. The van der Waals surface area contributed by atoms with Crippen molar-refractivity contribution in [3.63, 3.8) is 0 Å². The van der Waals surface area contributed by atoms with Crippen molar-refractivity contribution in [1.29, 1.82) is 0 Å². The molecule has 0 bridgehead atoms. The van der Waals surface area contributed by atoms with E-state index in [4.69, 9.17) is 0 Å². The molecule has 0 saturated carbocycles. The van der Waals surface area contributed by atoms with E-state index in [1.165, 1.54) is 23.1 Å². The molecule has 5 nitrogen and oxygen atoms in total. The quantitative estimate of drug-likeness (QED) is 0.466. The molecular formula is C20H17BrN2O3S2. The van der Waals surface area contributed by atoms with Gasteiger partial charge in [-0.1, -0.05) is 51.8 Å². The molecule has 1 fully saturated rings. The number of amidine groups is 1. The first-order valence-corrected chi connectivity index (χ1v) is 11.3. The summed E-state index contributed by atoms with van der Waals surface area (Å²) in [5, 5.41) is 0.119. The zero-order valence-electron chi connectivity index (χ0n) is 15.0. The Morgan fingerprint density at radius 3 is 2.39 bits per heavy atom. The van der Waals surface area contributed by atoms with Crippen molar-refractivity contribution >= 4 is 54.9 Å². The minimum absolute atomic E-state index is 0.0857. The summed E-state index contributed by atoms with van der Waals surface area (Å²) in [4.78, 5) is 14.6. The fourth-order valence-corrected chi connectivity index (χ4v) is 4.90. The van der Waals surface area contributed by atoms with Crippen LogP contribution in [0.3, 0.4) is 0 Å². The van der Waals surface area contributed by atoms with Crippen molar-refractivity contribution in [3.05, 3.63) is 81.7 Å². The molecule has 0 aliphatic carbocycles. The van der Waals surface area contributed by atoms with Crippen LogP contribution in [-0.2, 0) is 14.8 Å². The first kappa shape index (κ1) is 20.6. The zero-order chi connectivity index (χ0) is 20.3. The van der Waals surface area contributed by atoms with E-state index >= 15 is 0 Å². The van der Waals surface area contributed by atoms with E-state index < -0.39 is 10.0 Å². The Hall–Kier alpha value is -2.16. The lowest BCUT2D eigenvalue weighted by Gasteiger charge is -2.12. The second-order valence-electron chi connectivity index (χ2n) is 6.03. The standard InChI is InChI=1S/C20H17BrN2O3S2/c1-3-12-23-19(24)18(13-15-6-8-16(21)9-7-15)27-20(23)22-28(25,26)17-10-4-14(2)5-11-17/h3-11,13H,1,12H2,2H3/b18-13+,22-20+. The van der Waals surface area contributed by atoms with E-state index in [0.717, 1.165) is 27.4 Å². The molecule has 1 aliphatic rings. The number of halogens is 1. The van der Waals surface area contributed by atoms with Gasteiger partial charge in [-0.05, 0) is 54.6 Å². The van der Waals surface area contributed by atoms with Gasteiger partial charge in [-0.2, -0.15) is 8.42 Å². The van der Waals surface area contributed by atoms with Gasteiger partial charge in [0.1, 0.15) is 0 Å². The van der Waals surface area contributed by atoms with Crippen molar-refractivity contribution < 1.29 is 13.2 Å². The average molecular weight is 477 g/mol. The Balaban J connectivity index is 1.98. The lowest BCUT2D eigenvalue weighted by Crippen LogP contribution is -2.29. The summed E-state index contributed by atoms with van der Waals surface area (Å²) in [5.74, 6) is -0.300. The van der Waals surface area contributed by atoms with Crippen molar-refractivity contribution in [1.82, 2.24) is 4.90 Å². The van der Waals surface area contributed by atoms with E-state index in [1.807, 2.05) is 31.2 Å². The highest BCUT2D eigenvalue weighted by Crippen LogP contribution is 2.33. The molecule has 1 saturated heterocycles. The number of nitrogens with zero attached hydrogens (tertiary/aromatic N) is 2. The third-order valence-corrected chi connectivity index (χ3v) is 6.82. The second kappa shape index (κ2) is 8.46. The average Bonchev–Trinajstić information content (AvgIpc) is 2.92. The van der Waals surface area contributed by atoms with Gasteiger partial charge in [0.25, 0.3) is 15.9 Å². The SMILES string of the molecule is C=CCN1C(=O)/C(=C\c2ccc(Br)cc2)S/C1=N/S(=O)(=O)c1ccc(C)cc1. The van der Waals surface area contributed by atoms with Gasteiger partial charge in [-0.25, -0.2) is 0 Å². The summed E-state index contributed by atoms with van der Waals surface area (Å²) < 4.78 is 30.2. The highest BCUT2D eigenvalue weighted by Gasteiger charge is 2.34. The maximum atomic E-state index is 12.7. The van der Waals surface area contributed by atoms with Crippen molar-refractivity contribution in [2.45, 2.75) is 11.8 Å². The van der Waals surface area contributed by atoms with Gasteiger partial charge in [0.05, 0.1) is 9.80 Å². The fraction of sp³-hybridized carbons (Fsp3) is 0.100. The van der Waals surface area contributed by atoms with Gasteiger partial charge in [0.2, 0.25) is 0 Å². The van der Waals surface area contributed by atoms with Gasteiger partial charge in [-0.3, -0.25) is 9.69 Å². The van der Waals surface area contributed by atoms with Gasteiger partial charge < -0.3 is 0 Å². The molecule has 0 N–H and O–H groups in total. The Bertz CT molecular complexity index is 1070. The third-order valence-electron chi connectivity index (χ3n) is 3.88. The maximum absolute atomic E-state index is 12.7. The molecule has 0 radical (unpaired) electrons. The monoisotopic (exact) mass is 476 g/mol. The first-order chi connectivity index (χ1) is 13.3. The second-order valence-corrected chi connectivity index (χ2v) is 9.56. The largest absolute Gasteiger partial charge is 0.284 e. The van der Waals surface area contributed by atoms with E-state index in [9.17, 15) is 13.2 Å². The molecular weight excluding hydrogens is 460 g/mol. The summed E-state index contributed by atoms with van der Waals surface area (Å²) in [7, 11) is -3.93. The summed E-state index contributed by atoms with van der Waals surface area (Å²) in [6, 6.07) is 13.9. The first-order valence-electron chi connectivity index (χ1n) is 8.30. The highest BCUT2D eigenvalue weighted by molar-refractivity contribution is 9.10. The molecule has 2 aromatic carbocycles. The minimum atomic E-state index is -3.93. The number of carbonyl (C=O) groups is 1. The Morgan fingerprint density at radius 1 is 1.14 bits per heavy atom. The number of hydrogen-bond acceptors (Lipinski definition) is 4. The van der Waals surface area contributed by atoms with Crippen molar-refractivity contribution in [2.75, 3.05) is 6.54 Å². The van der Waals surface area contributed by atoms with Gasteiger partial charge >= 0.3 is 0 Å². The maximum Gasteiger partial charge on any atom is 0.284 e. The zero-order valence-corrected chi connectivity index (χ0v) is 18.2. The molecule has 1 aliphatic heterocycles. The smallest absolute Gasteiger partial charge is 0.282 e. The molecule has 28 heavy (non-hydrogen) atoms. The molecule has 8 heteroatoms. The molecule has 0 spiro atoms. The number of hydrogen-bond donors (Lipinski definition) is 0. The lowest BCUT2D eigenvalue weighted by molar-refractivity contribution is -0.121. The number of benzene rings is 2.